The summed E-state index contributed by atoms with van der Waals surface area (Å²) in [6.07, 6.45) is 2.64. The van der Waals surface area contributed by atoms with E-state index in [1.165, 1.54) is 0 Å². The zero-order chi connectivity index (χ0) is 11.1. The van der Waals surface area contributed by atoms with Crippen LogP contribution in [0.3, 0.4) is 0 Å². The molecule has 2 aromatic heterocycles. The molecule has 3 rings (SSSR count). The highest BCUT2D eigenvalue weighted by molar-refractivity contribution is 6.05. The molecule has 3 aromatic rings. The van der Waals surface area contributed by atoms with Crippen LogP contribution >= 0.6 is 0 Å². The molecule has 78 valence electrons. The Morgan fingerprint density at radius 1 is 1.25 bits per heavy atom. The second kappa shape index (κ2) is 3.17. The minimum absolute atomic E-state index is 0.674. The average molecular weight is 210 g/mol. The second-order valence-corrected chi connectivity index (χ2v) is 3.82. The molecule has 0 aliphatic rings. The van der Waals surface area contributed by atoms with Gasteiger partial charge in [-0.3, -0.25) is 9.78 Å². The summed E-state index contributed by atoms with van der Waals surface area (Å²) in [4.78, 5) is 15.3. The van der Waals surface area contributed by atoms with Crippen molar-refractivity contribution in [1.29, 1.82) is 0 Å². The first kappa shape index (κ1) is 9.09. The van der Waals surface area contributed by atoms with Crippen LogP contribution in [0.2, 0.25) is 0 Å². The molecule has 2 heterocycles. The number of rotatable bonds is 1. The van der Waals surface area contributed by atoms with Crippen molar-refractivity contribution in [2.24, 2.45) is 7.05 Å². The molecule has 0 radical (unpaired) electrons. The lowest BCUT2D eigenvalue weighted by Crippen LogP contribution is -1.94. The van der Waals surface area contributed by atoms with Crippen LogP contribution in [0.4, 0.5) is 0 Å². The van der Waals surface area contributed by atoms with E-state index in [1.54, 1.807) is 6.20 Å². The van der Waals surface area contributed by atoms with Gasteiger partial charge in [0.15, 0.2) is 6.29 Å². The minimum Gasteiger partial charge on any atom is -0.340 e. The molecule has 0 aliphatic heterocycles. The fourth-order valence-corrected chi connectivity index (χ4v) is 2.11. The van der Waals surface area contributed by atoms with Crippen molar-refractivity contribution in [3.05, 3.63) is 42.2 Å². The quantitative estimate of drug-likeness (QED) is 0.578. The highest BCUT2D eigenvalue weighted by Gasteiger charge is 2.08. The van der Waals surface area contributed by atoms with Gasteiger partial charge in [-0.25, -0.2) is 0 Å². The monoisotopic (exact) mass is 210 g/mol. The molecule has 0 N–H and O–H groups in total. The summed E-state index contributed by atoms with van der Waals surface area (Å²) in [5.74, 6) is 0. The number of nitrogens with zero attached hydrogens (tertiary/aromatic N) is 2. The number of benzene rings is 1. The first-order valence-electron chi connectivity index (χ1n) is 5.09. The highest BCUT2D eigenvalue weighted by Crippen LogP contribution is 2.25. The molecule has 16 heavy (non-hydrogen) atoms. The van der Waals surface area contributed by atoms with Crippen molar-refractivity contribution >= 4 is 28.1 Å². The summed E-state index contributed by atoms with van der Waals surface area (Å²) < 4.78 is 1.89. The molecule has 0 bridgehead atoms. The normalized spacial score (nSPS) is 11.1. The molecule has 3 heteroatoms. The number of pyridine rings is 1. The lowest BCUT2D eigenvalue weighted by Gasteiger charge is -2.02. The smallest absolute Gasteiger partial charge is 0.166 e. The Hall–Kier alpha value is -2.16. The van der Waals surface area contributed by atoms with E-state index in [0.717, 1.165) is 28.1 Å². The van der Waals surface area contributed by atoms with Gasteiger partial charge in [0, 0.05) is 24.0 Å². The maximum absolute atomic E-state index is 10.9. The standard InChI is InChI=1S/C13H10N2O/c1-15-11(8-16)7-10-5-4-9-3-2-6-14-12(9)13(10)15/h2-8H,1H3. The summed E-state index contributed by atoms with van der Waals surface area (Å²) in [5.41, 5.74) is 2.63. The SMILES string of the molecule is Cn1c(C=O)cc2ccc3cccnc3c21. The maximum atomic E-state index is 10.9. The number of aryl methyl sites for hydroxylation is 1. The molecule has 1 aromatic carbocycles. The Labute approximate surface area is 92.3 Å². The number of aldehydes is 1. The first-order valence-corrected chi connectivity index (χ1v) is 5.09. The topological polar surface area (TPSA) is 34.9 Å². The molecular formula is C13H10N2O. The zero-order valence-electron chi connectivity index (χ0n) is 8.84. The van der Waals surface area contributed by atoms with E-state index in [-0.39, 0.29) is 0 Å². The molecule has 0 spiro atoms. The summed E-state index contributed by atoms with van der Waals surface area (Å²) in [5, 5.41) is 2.14. The fourth-order valence-electron chi connectivity index (χ4n) is 2.11. The van der Waals surface area contributed by atoms with Crippen LogP contribution in [0.25, 0.3) is 21.8 Å². The largest absolute Gasteiger partial charge is 0.340 e. The van der Waals surface area contributed by atoms with Gasteiger partial charge in [0.1, 0.15) is 0 Å². The molecule has 0 atom stereocenters. The van der Waals surface area contributed by atoms with Gasteiger partial charge in [-0.15, -0.1) is 0 Å². The molecule has 0 saturated heterocycles. The Morgan fingerprint density at radius 2 is 2.06 bits per heavy atom. The first-order chi connectivity index (χ1) is 7.81. The third-order valence-electron chi connectivity index (χ3n) is 2.93. The molecule has 0 saturated carbocycles. The van der Waals surface area contributed by atoms with Gasteiger partial charge in [0.25, 0.3) is 0 Å². The minimum atomic E-state index is 0.674. The van der Waals surface area contributed by atoms with E-state index in [0.29, 0.717) is 5.69 Å². The molecular weight excluding hydrogens is 200 g/mol. The lowest BCUT2D eigenvalue weighted by molar-refractivity contribution is 0.111. The van der Waals surface area contributed by atoms with Crippen molar-refractivity contribution in [1.82, 2.24) is 9.55 Å². The third kappa shape index (κ3) is 1.08. The molecule has 0 amide bonds. The average Bonchev–Trinajstić information content (AvgIpc) is 2.66. The van der Waals surface area contributed by atoms with E-state index in [2.05, 4.69) is 4.98 Å². The molecule has 0 aliphatic carbocycles. The number of hydrogen-bond acceptors (Lipinski definition) is 2. The van der Waals surface area contributed by atoms with Crippen LogP contribution in [0.1, 0.15) is 10.5 Å². The van der Waals surface area contributed by atoms with E-state index < -0.39 is 0 Å². The number of carbonyl (C=O) groups excluding carboxylic acids is 1. The number of hydrogen-bond donors (Lipinski definition) is 0. The van der Waals surface area contributed by atoms with E-state index in [9.17, 15) is 4.79 Å². The van der Waals surface area contributed by atoms with Gasteiger partial charge in [-0.1, -0.05) is 18.2 Å². The Kier molecular flexibility index (Phi) is 1.80. The van der Waals surface area contributed by atoms with Gasteiger partial charge in [0.2, 0.25) is 0 Å². The van der Waals surface area contributed by atoms with Gasteiger partial charge >= 0.3 is 0 Å². The van der Waals surface area contributed by atoms with Crippen molar-refractivity contribution in [2.45, 2.75) is 0 Å². The van der Waals surface area contributed by atoms with Crippen molar-refractivity contribution < 1.29 is 4.79 Å². The number of fused-ring (bicyclic) bond motifs is 3. The zero-order valence-corrected chi connectivity index (χ0v) is 8.84. The highest BCUT2D eigenvalue weighted by atomic mass is 16.1. The number of aromatic nitrogens is 2. The molecule has 0 fully saturated rings. The van der Waals surface area contributed by atoms with E-state index in [4.69, 9.17) is 0 Å². The predicted molar refractivity (Wildman–Crippen MR) is 63.6 cm³/mol. The Morgan fingerprint density at radius 3 is 2.88 bits per heavy atom. The maximum Gasteiger partial charge on any atom is 0.166 e. The van der Waals surface area contributed by atoms with Crippen LogP contribution in [0.5, 0.6) is 0 Å². The van der Waals surface area contributed by atoms with Gasteiger partial charge in [-0.05, 0) is 12.1 Å². The summed E-state index contributed by atoms with van der Waals surface area (Å²) in [7, 11) is 1.89. The third-order valence-corrected chi connectivity index (χ3v) is 2.93. The van der Waals surface area contributed by atoms with Gasteiger partial charge in [-0.2, -0.15) is 0 Å². The van der Waals surface area contributed by atoms with E-state index in [1.807, 2.05) is 41.9 Å². The predicted octanol–water partition coefficient (Wildman–Crippen LogP) is 2.54. The van der Waals surface area contributed by atoms with Crippen molar-refractivity contribution in [3.63, 3.8) is 0 Å². The van der Waals surface area contributed by atoms with Crippen molar-refractivity contribution in [2.75, 3.05) is 0 Å². The fraction of sp³-hybridized carbons (Fsp3) is 0.0769. The van der Waals surface area contributed by atoms with Crippen LogP contribution < -0.4 is 0 Å². The van der Waals surface area contributed by atoms with Crippen LogP contribution in [0.15, 0.2) is 36.5 Å². The molecule has 0 unspecified atom stereocenters. The Bertz CT molecular complexity index is 698. The van der Waals surface area contributed by atoms with Crippen LogP contribution in [0, 0.1) is 0 Å². The van der Waals surface area contributed by atoms with Crippen LogP contribution in [-0.2, 0) is 7.05 Å². The van der Waals surface area contributed by atoms with Crippen LogP contribution in [-0.4, -0.2) is 15.8 Å². The van der Waals surface area contributed by atoms with Crippen molar-refractivity contribution in [3.8, 4) is 0 Å². The summed E-state index contributed by atoms with van der Waals surface area (Å²) >= 11 is 0. The Balaban J connectivity index is 2.59. The summed E-state index contributed by atoms with van der Waals surface area (Å²) in [6.45, 7) is 0. The van der Waals surface area contributed by atoms with Gasteiger partial charge in [0.05, 0.1) is 16.7 Å². The second-order valence-electron chi connectivity index (χ2n) is 3.82. The molecule has 3 nitrogen and oxygen atoms in total. The van der Waals surface area contributed by atoms with Gasteiger partial charge < -0.3 is 4.57 Å². The van der Waals surface area contributed by atoms with E-state index >= 15 is 0 Å². The lowest BCUT2D eigenvalue weighted by atomic mass is 10.1. The summed E-state index contributed by atoms with van der Waals surface area (Å²) in [6, 6.07) is 9.87. The number of carbonyl (C=O) groups is 1.